The Kier molecular flexibility index (Phi) is 4.86. The van der Waals surface area contributed by atoms with Crippen LogP contribution in [-0.2, 0) is 11.3 Å². The van der Waals surface area contributed by atoms with Crippen LogP contribution in [0.2, 0.25) is 0 Å². The molecule has 1 amide bonds. The molecular formula is C18H18N4O2. The number of hydrogen-bond acceptors (Lipinski definition) is 4. The van der Waals surface area contributed by atoms with Crippen LogP contribution in [0.5, 0.6) is 5.75 Å². The fraction of sp³-hybridized carbons (Fsp3) is 0.167. The van der Waals surface area contributed by atoms with Gasteiger partial charge in [0.05, 0.1) is 6.61 Å². The molecule has 0 saturated carbocycles. The Morgan fingerprint density at radius 2 is 2.00 bits per heavy atom. The maximum Gasteiger partial charge on any atom is 0.246 e. The predicted molar refractivity (Wildman–Crippen MR) is 91.7 cm³/mol. The number of carbonyl (C=O) groups is 1. The fourth-order valence-corrected chi connectivity index (χ4v) is 2.27. The molecular weight excluding hydrogens is 304 g/mol. The largest absolute Gasteiger partial charge is 0.494 e. The Balaban J connectivity index is 1.63. The van der Waals surface area contributed by atoms with Crippen molar-refractivity contribution in [3.63, 3.8) is 0 Å². The minimum absolute atomic E-state index is 0.0959. The average molecular weight is 322 g/mol. The van der Waals surface area contributed by atoms with Gasteiger partial charge in [0.15, 0.2) is 5.82 Å². The van der Waals surface area contributed by atoms with Crippen LogP contribution in [0.15, 0.2) is 60.9 Å². The zero-order chi connectivity index (χ0) is 16.8. The second-order valence-corrected chi connectivity index (χ2v) is 5.14. The molecule has 3 aromatic rings. The van der Waals surface area contributed by atoms with Crippen LogP contribution >= 0.6 is 0 Å². The van der Waals surface area contributed by atoms with Crippen LogP contribution < -0.4 is 10.1 Å². The molecule has 1 N–H and O–H groups in total. The Labute approximate surface area is 140 Å². The van der Waals surface area contributed by atoms with E-state index < -0.39 is 0 Å². The number of hydrogen-bond donors (Lipinski definition) is 1. The van der Waals surface area contributed by atoms with E-state index in [-0.39, 0.29) is 12.5 Å². The van der Waals surface area contributed by atoms with Gasteiger partial charge in [-0.3, -0.25) is 4.79 Å². The summed E-state index contributed by atoms with van der Waals surface area (Å²) < 4.78 is 6.94. The van der Waals surface area contributed by atoms with Crippen molar-refractivity contribution in [2.45, 2.75) is 13.5 Å². The molecule has 0 bridgehead atoms. The van der Waals surface area contributed by atoms with Crippen molar-refractivity contribution in [2.75, 3.05) is 11.9 Å². The van der Waals surface area contributed by atoms with Gasteiger partial charge in [-0.15, -0.1) is 0 Å². The second kappa shape index (κ2) is 7.41. The lowest BCUT2D eigenvalue weighted by molar-refractivity contribution is -0.116. The topological polar surface area (TPSA) is 69.0 Å². The van der Waals surface area contributed by atoms with E-state index in [1.54, 1.807) is 12.4 Å². The van der Waals surface area contributed by atoms with Gasteiger partial charge in [-0.25, -0.2) is 9.67 Å². The van der Waals surface area contributed by atoms with Gasteiger partial charge in [0, 0.05) is 17.3 Å². The number of benzene rings is 2. The monoisotopic (exact) mass is 322 g/mol. The fourth-order valence-electron chi connectivity index (χ4n) is 2.27. The lowest BCUT2D eigenvalue weighted by atomic mass is 10.2. The number of nitrogens with one attached hydrogen (secondary N) is 1. The van der Waals surface area contributed by atoms with Crippen LogP contribution in [0.3, 0.4) is 0 Å². The summed E-state index contributed by atoms with van der Waals surface area (Å²) in [5.74, 6) is 1.15. The van der Waals surface area contributed by atoms with E-state index in [2.05, 4.69) is 15.4 Å². The first-order chi connectivity index (χ1) is 11.7. The molecule has 0 atom stereocenters. The molecule has 0 spiro atoms. The first kappa shape index (κ1) is 15.7. The molecule has 24 heavy (non-hydrogen) atoms. The molecule has 0 saturated heterocycles. The number of nitrogens with zero attached hydrogens (tertiary/aromatic N) is 3. The Bertz CT molecular complexity index is 815. The Hall–Kier alpha value is -3.15. The van der Waals surface area contributed by atoms with Gasteiger partial charge in [-0.05, 0) is 19.1 Å². The van der Waals surface area contributed by atoms with Gasteiger partial charge in [0.2, 0.25) is 5.91 Å². The van der Waals surface area contributed by atoms with E-state index >= 15 is 0 Å². The summed E-state index contributed by atoms with van der Waals surface area (Å²) in [7, 11) is 0. The normalized spacial score (nSPS) is 10.4. The van der Waals surface area contributed by atoms with Crippen molar-refractivity contribution in [1.82, 2.24) is 14.8 Å². The van der Waals surface area contributed by atoms with Gasteiger partial charge in [0.1, 0.15) is 18.6 Å². The highest BCUT2D eigenvalue weighted by molar-refractivity contribution is 5.90. The van der Waals surface area contributed by atoms with Crippen LogP contribution in [0, 0.1) is 0 Å². The van der Waals surface area contributed by atoms with Crippen molar-refractivity contribution in [3.8, 4) is 17.1 Å². The lowest BCUT2D eigenvalue weighted by Crippen LogP contribution is -2.19. The zero-order valence-corrected chi connectivity index (χ0v) is 13.3. The van der Waals surface area contributed by atoms with Crippen molar-refractivity contribution in [3.05, 3.63) is 60.9 Å². The average Bonchev–Trinajstić information content (AvgIpc) is 3.04. The summed E-state index contributed by atoms with van der Waals surface area (Å²) in [6.07, 6.45) is 1.55. The van der Waals surface area contributed by atoms with Crippen molar-refractivity contribution < 1.29 is 9.53 Å². The molecule has 1 aromatic heterocycles. The third-order valence-corrected chi connectivity index (χ3v) is 3.30. The second-order valence-electron chi connectivity index (χ2n) is 5.14. The minimum atomic E-state index is -0.173. The molecule has 0 aliphatic heterocycles. The summed E-state index contributed by atoms with van der Waals surface area (Å²) in [5.41, 5.74) is 1.61. The third kappa shape index (κ3) is 3.98. The Morgan fingerprint density at radius 1 is 1.17 bits per heavy atom. The first-order valence-corrected chi connectivity index (χ1v) is 7.72. The van der Waals surface area contributed by atoms with Crippen LogP contribution in [0.4, 0.5) is 5.69 Å². The van der Waals surface area contributed by atoms with Crippen LogP contribution in [0.25, 0.3) is 11.4 Å². The molecule has 0 aliphatic rings. The zero-order valence-electron chi connectivity index (χ0n) is 13.3. The maximum absolute atomic E-state index is 12.2. The highest BCUT2D eigenvalue weighted by Crippen LogP contribution is 2.17. The van der Waals surface area contributed by atoms with E-state index in [0.717, 1.165) is 11.3 Å². The molecule has 0 fully saturated rings. The third-order valence-electron chi connectivity index (χ3n) is 3.30. The molecule has 122 valence electrons. The molecule has 3 rings (SSSR count). The summed E-state index contributed by atoms with van der Waals surface area (Å²) >= 11 is 0. The van der Waals surface area contributed by atoms with E-state index in [4.69, 9.17) is 4.74 Å². The molecule has 0 radical (unpaired) electrons. The number of aromatic nitrogens is 3. The predicted octanol–water partition coefficient (Wildman–Crippen LogP) is 2.98. The van der Waals surface area contributed by atoms with Crippen molar-refractivity contribution >= 4 is 11.6 Å². The molecule has 0 aliphatic carbocycles. The molecule has 6 heteroatoms. The summed E-state index contributed by atoms with van der Waals surface area (Å²) in [6, 6.07) is 16.9. The molecule has 1 heterocycles. The summed E-state index contributed by atoms with van der Waals surface area (Å²) in [4.78, 5) is 16.4. The molecule has 2 aromatic carbocycles. The van der Waals surface area contributed by atoms with Gasteiger partial charge in [-0.1, -0.05) is 36.4 Å². The summed E-state index contributed by atoms with van der Waals surface area (Å²) in [6.45, 7) is 2.59. The number of ether oxygens (including phenoxy) is 1. The van der Waals surface area contributed by atoms with Gasteiger partial charge >= 0.3 is 0 Å². The van der Waals surface area contributed by atoms with E-state index in [1.165, 1.54) is 4.68 Å². The molecule has 6 nitrogen and oxygen atoms in total. The smallest absolute Gasteiger partial charge is 0.246 e. The summed E-state index contributed by atoms with van der Waals surface area (Å²) in [5, 5.41) is 7.16. The van der Waals surface area contributed by atoms with Crippen molar-refractivity contribution in [2.24, 2.45) is 0 Å². The Morgan fingerprint density at radius 3 is 2.79 bits per heavy atom. The van der Waals surface area contributed by atoms with Crippen molar-refractivity contribution in [1.29, 1.82) is 0 Å². The lowest BCUT2D eigenvalue weighted by Gasteiger charge is -2.07. The minimum Gasteiger partial charge on any atom is -0.494 e. The highest BCUT2D eigenvalue weighted by Gasteiger charge is 2.08. The van der Waals surface area contributed by atoms with Gasteiger partial charge in [-0.2, -0.15) is 5.10 Å². The SMILES string of the molecule is CCOc1cccc(NC(=O)Cn2cnc(-c3ccccc3)n2)c1. The highest BCUT2D eigenvalue weighted by atomic mass is 16.5. The van der Waals surface area contributed by atoms with Crippen LogP contribution in [0.1, 0.15) is 6.92 Å². The molecule has 0 unspecified atom stereocenters. The maximum atomic E-state index is 12.2. The van der Waals surface area contributed by atoms with E-state index in [0.29, 0.717) is 18.1 Å². The van der Waals surface area contributed by atoms with Crippen LogP contribution in [-0.4, -0.2) is 27.3 Å². The number of carbonyl (C=O) groups excluding carboxylic acids is 1. The van der Waals surface area contributed by atoms with E-state index in [9.17, 15) is 4.79 Å². The standard InChI is InChI=1S/C18H18N4O2/c1-2-24-16-10-6-9-15(11-16)20-17(23)12-22-13-19-18(21-22)14-7-4-3-5-8-14/h3-11,13H,2,12H2,1H3,(H,20,23). The number of anilines is 1. The number of rotatable bonds is 6. The quantitative estimate of drug-likeness (QED) is 0.757. The number of amides is 1. The first-order valence-electron chi connectivity index (χ1n) is 7.72. The van der Waals surface area contributed by atoms with Gasteiger partial charge in [0.25, 0.3) is 0 Å². The van der Waals surface area contributed by atoms with Gasteiger partial charge < -0.3 is 10.1 Å². The van der Waals surface area contributed by atoms with E-state index in [1.807, 2.05) is 55.5 Å².